The van der Waals surface area contributed by atoms with Gasteiger partial charge in [-0.25, -0.2) is 0 Å². The Morgan fingerprint density at radius 3 is 2.57 bits per heavy atom. The molecule has 84 valence electrons. The standard InChI is InChI=1S/C12H24O2/c1-5-6-8-12(3,14-4)10-11(2)7-9-13/h7,13H,5-6,8-10H2,1-4H3. The van der Waals surface area contributed by atoms with E-state index in [2.05, 4.69) is 13.8 Å². The molecule has 0 fully saturated rings. The van der Waals surface area contributed by atoms with Crippen molar-refractivity contribution in [3.63, 3.8) is 0 Å². The lowest BCUT2D eigenvalue weighted by atomic mass is 9.91. The Labute approximate surface area is 88.0 Å². The number of methoxy groups -OCH3 is 1. The van der Waals surface area contributed by atoms with Crippen molar-refractivity contribution in [2.45, 2.75) is 52.1 Å². The fourth-order valence-electron chi connectivity index (χ4n) is 1.63. The molecule has 0 saturated carbocycles. The van der Waals surface area contributed by atoms with Gasteiger partial charge in [0.25, 0.3) is 0 Å². The fourth-order valence-corrected chi connectivity index (χ4v) is 1.63. The minimum Gasteiger partial charge on any atom is -0.392 e. The molecule has 0 bridgehead atoms. The van der Waals surface area contributed by atoms with Crippen LogP contribution in [0.1, 0.15) is 46.5 Å². The molecule has 0 heterocycles. The summed E-state index contributed by atoms with van der Waals surface area (Å²) in [7, 11) is 1.77. The van der Waals surface area contributed by atoms with E-state index < -0.39 is 0 Å². The zero-order valence-electron chi connectivity index (χ0n) is 9.97. The Hall–Kier alpha value is -0.340. The zero-order valence-corrected chi connectivity index (χ0v) is 9.97. The predicted octanol–water partition coefficient (Wildman–Crippen LogP) is 2.91. The Balaban J connectivity index is 4.16. The Morgan fingerprint density at radius 1 is 1.50 bits per heavy atom. The molecule has 0 saturated heterocycles. The lowest BCUT2D eigenvalue weighted by Crippen LogP contribution is -2.27. The molecule has 0 radical (unpaired) electrons. The molecule has 0 aromatic carbocycles. The maximum atomic E-state index is 8.77. The molecule has 14 heavy (non-hydrogen) atoms. The van der Waals surface area contributed by atoms with Crippen LogP contribution in [0.5, 0.6) is 0 Å². The summed E-state index contributed by atoms with van der Waals surface area (Å²) in [6, 6.07) is 0. The molecule has 0 aromatic heterocycles. The van der Waals surface area contributed by atoms with Crippen LogP contribution in [0.15, 0.2) is 11.6 Å². The van der Waals surface area contributed by atoms with E-state index in [0.717, 1.165) is 12.8 Å². The molecule has 1 atom stereocenters. The van der Waals surface area contributed by atoms with Crippen LogP contribution in [0.3, 0.4) is 0 Å². The van der Waals surface area contributed by atoms with E-state index >= 15 is 0 Å². The third-order valence-electron chi connectivity index (χ3n) is 2.64. The van der Waals surface area contributed by atoms with Crippen molar-refractivity contribution in [2.24, 2.45) is 0 Å². The first-order valence-corrected chi connectivity index (χ1v) is 5.39. The first kappa shape index (κ1) is 13.7. The third-order valence-corrected chi connectivity index (χ3v) is 2.64. The largest absolute Gasteiger partial charge is 0.392 e. The van der Waals surface area contributed by atoms with Crippen molar-refractivity contribution >= 4 is 0 Å². The topological polar surface area (TPSA) is 29.5 Å². The number of hydrogen-bond acceptors (Lipinski definition) is 2. The summed E-state index contributed by atoms with van der Waals surface area (Å²) < 4.78 is 5.53. The molecule has 1 unspecified atom stereocenters. The Kier molecular flexibility index (Phi) is 6.85. The Morgan fingerprint density at radius 2 is 2.14 bits per heavy atom. The van der Waals surface area contributed by atoms with E-state index in [1.165, 1.54) is 18.4 Å². The van der Waals surface area contributed by atoms with Crippen molar-refractivity contribution in [1.29, 1.82) is 0 Å². The molecule has 1 N–H and O–H groups in total. The number of ether oxygens (including phenoxy) is 1. The Bertz CT molecular complexity index is 175. The minimum absolute atomic E-state index is 0.0637. The van der Waals surface area contributed by atoms with E-state index in [-0.39, 0.29) is 12.2 Å². The van der Waals surface area contributed by atoms with Crippen molar-refractivity contribution in [1.82, 2.24) is 0 Å². The van der Waals surface area contributed by atoms with Gasteiger partial charge in [0.15, 0.2) is 0 Å². The molecule has 0 aliphatic heterocycles. The van der Waals surface area contributed by atoms with Gasteiger partial charge in [-0.2, -0.15) is 0 Å². The monoisotopic (exact) mass is 200 g/mol. The molecule has 0 aliphatic carbocycles. The highest BCUT2D eigenvalue weighted by atomic mass is 16.5. The lowest BCUT2D eigenvalue weighted by molar-refractivity contribution is -0.00244. The van der Waals surface area contributed by atoms with Crippen molar-refractivity contribution in [3.8, 4) is 0 Å². The second kappa shape index (κ2) is 7.02. The first-order chi connectivity index (χ1) is 6.58. The van der Waals surface area contributed by atoms with E-state index in [4.69, 9.17) is 9.84 Å². The smallest absolute Gasteiger partial charge is 0.0687 e. The van der Waals surface area contributed by atoms with Gasteiger partial charge in [-0.05, 0) is 26.7 Å². The van der Waals surface area contributed by atoms with Crippen LogP contribution in [-0.4, -0.2) is 24.4 Å². The summed E-state index contributed by atoms with van der Waals surface area (Å²) in [5, 5.41) is 8.77. The van der Waals surface area contributed by atoms with Crippen molar-refractivity contribution in [2.75, 3.05) is 13.7 Å². The van der Waals surface area contributed by atoms with E-state index in [1.54, 1.807) is 7.11 Å². The van der Waals surface area contributed by atoms with Gasteiger partial charge < -0.3 is 9.84 Å². The van der Waals surface area contributed by atoms with Gasteiger partial charge >= 0.3 is 0 Å². The summed E-state index contributed by atoms with van der Waals surface area (Å²) in [4.78, 5) is 0. The second-order valence-electron chi connectivity index (χ2n) is 4.17. The summed E-state index contributed by atoms with van der Waals surface area (Å²) in [5.41, 5.74) is 1.14. The van der Waals surface area contributed by atoms with E-state index in [0.29, 0.717) is 0 Å². The summed E-state index contributed by atoms with van der Waals surface area (Å²) >= 11 is 0. The third kappa shape index (κ3) is 5.40. The van der Waals surface area contributed by atoms with Gasteiger partial charge in [-0.1, -0.05) is 31.4 Å². The highest BCUT2D eigenvalue weighted by Gasteiger charge is 2.22. The summed E-state index contributed by atoms with van der Waals surface area (Å²) in [5.74, 6) is 0. The quantitative estimate of drug-likeness (QED) is 0.640. The number of rotatable bonds is 7. The number of hydrogen-bond donors (Lipinski definition) is 1. The average Bonchev–Trinajstić information content (AvgIpc) is 2.15. The summed E-state index contributed by atoms with van der Waals surface area (Å²) in [6.45, 7) is 6.49. The van der Waals surface area contributed by atoms with Crippen LogP contribution in [0.2, 0.25) is 0 Å². The molecular formula is C12H24O2. The van der Waals surface area contributed by atoms with Gasteiger partial charge in [0.05, 0.1) is 12.2 Å². The van der Waals surface area contributed by atoms with Gasteiger partial charge in [0, 0.05) is 7.11 Å². The molecule has 0 aromatic rings. The lowest BCUT2D eigenvalue weighted by Gasteiger charge is -2.28. The van der Waals surface area contributed by atoms with E-state index in [1.807, 2.05) is 13.0 Å². The molecule has 2 heteroatoms. The van der Waals surface area contributed by atoms with Crippen LogP contribution in [0.4, 0.5) is 0 Å². The normalized spacial score (nSPS) is 16.8. The maximum Gasteiger partial charge on any atom is 0.0687 e. The highest BCUT2D eigenvalue weighted by Crippen LogP contribution is 2.25. The molecule has 0 spiro atoms. The van der Waals surface area contributed by atoms with Crippen LogP contribution < -0.4 is 0 Å². The SMILES string of the molecule is CCCCC(C)(CC(C)=CCO)OC. The molecule has 0 aliphatic rings. The van der Waals surface area contributed by atoms with Crippen molar-refractivity contribution < 1.29 is 9.84 Å². The van der Waals surface area contributed by atoms with Gasteiger partial charge in [0.2, 0.25) is 0 Å². The molecule has 0 amide bonds. The van der Waals surface area contributed by atoms with Gasteiger partial charge in [0.1, 0.15) is 0 Å². The van der Waals surface area contributed by atoms with Gasteiger partial charge in [-0.3, -0.25) is 0 Å². The average molecular weight is 200 g/mol. The highest BCUT2D eigenvalue weighted by molar-refractivity contribution is 5.03. The zero-order chi connectivity index (χ0) is 11.0. The minimum atomic E-state index is -0.0637. The van der Waals surface area contributed by atoms with Gasteiger partial charge in [-0.15, -0.1) is 0 Å². The van der Waals surface area contributed by atoms with Crippen LogP contribution in [0, 0.1) is 0 Å². The number of unbranched alkanes of at least 4 members (excludes halogenated alkanes) is 1. The predicted molar refractivity (Wildman–Crippen MR) is 60.4 cm³/mol. The molecule has 0 rings (SSSR count). The molecule has 2 nitrogen and oxygen atoms in total. The first-order valence-electron chi connectivity index (χ1n) is 5.39. The van der Waals surface area contributed by atoms with Crippen LogP contribution in [-0.2, 0) is 4.74 Å². The maximum absolute atomic E-state index is 8.77. The van der Waals surface area contributed by atoms with Crippen LogP contribution in [0.25, 0.3) is 0 Å². The van der Waals surface area contributed by atoms with Crippen LogP contribution >= 0.6 is 0 Å². The second-order valence-corrected chi connectivity index (χ2v) is 4.17. The van der Waals surface area contributed by atoms with E-state index in [9.17, 15) is 0 Å². The summed E-state index contributed by atoms with van der Waals surface area (Å²) in [6.07, 6.45) is 6.22. The number of aliphatic hydroxyl groups is 1. The van der Waals surface area contributed by atoms with Crippen molar-refractivity contribution in [3.05, 3.63) is 11.6 Å². The number of aliphatic hydroxyl groups excluding tert-OH is 1. The fraction of sp³-hybridized carbons (Fsp3) is 0.833. The molecular weight excluding hydrogens is 176 g/mol.